The van der Waals surface area contributed by atoms with Crippen molar-refractivity contribution < 1.29 is 14.3 Å². The van der Waals surface area contributed by atoms with Crippen LogP contribution in [0.15, 0.2) is 29.3 Å². The molecule has 1 saturated heterocycles. The van der Waals surface area contributed by atoms with Gasteiger partial charge in [0.25, 0.3) is 0 Å². The fourth-order valence-electron chi connectivity index (χ4n) is 4.00. The number of para-hydroxylation sites is 1. The van der Waals surface area contributed by atoms with Gasteiger partial charge in [-0.25, -0.2) is 9.97 Å². The molecule has 0 amide bonds. The Labute approximate surface area is 185 Å². The smallest absolute Gasteiger partial charge is 0.189 e. The van der Waals surface area contributed by atoms with E-state index < -0.39 is 0 Å². The van der Waals surface area contributed by atoms with Crippen LogP contribution in [0.5, 0.6) is 0 Å². The molecule has 0 spiro atoms. The molecule has 1 aromatic carbocycles. The second kappa shape index (κ2) is 9.30. The van der Waals surface area contributed by atoms with Gasteiger partial charge in [-0.1, -0.05) is 30.0 Å². The SMILES string of the molecule is CC(=O)c1c(C)[nH]c(C(=O)CSc2nc(CN3CCOCC3)nc3ccccc23)c1C. The number of carbonyl (C=O) groups excluding carboxylic acids is 2. The van der Waals surface area contributed by atoms with Crippen LogP contribution in [0.3, 0.4) is 0 Å². The predicted octanol–water partition coefficient (Wildman–Crippen LogP) is 3.58. The number of hydrogen-bond acceptors (Lipinski definition) is 7. The van der Waals surface area contributed by atoms with Gasteiger partial charge in [0.2, 0.25) is 0 Å². The van der Waals surface area contributed by atoms with Crippen LogP contribution in [-0.2, 0) is 11.3 Å². The summed E-state index contributed by atoms with van der Waals surface area (Å²) < 4.78 is 5.42. The second-order valence-electron chi connectivity index (χ2n) is 7.74. The van der Waals surface area contributed by atoms with Crippen molar-refractivity contribution in [2.75, 3.05) is 32.1 Å². The number of fused-ring (bicyclic) bond motifs is 1. The first-order chi connectivity index (χ1) is 14.9. The predicted molar refractivity (Wildman–Crippen MR) is 121 cm³/mol. The maximum Gasteiger partial charge on any atom is 0.189 e. The van der Waals surface area contributed by atoms with Gasteiger partial charge in [-0.05, 0) is 32.4 Å². The molecule has 1 aliphatic rings. The summed E-state index contributed by atoms with van der Waals surface area (Å²) in [5, 5.41) is 1.74. The van der Waals surface area contributed by atoms with Crippen molar-refractivity contribution in [3.63, 3.8) is 0 Å². The van der Waals surface area contributed by atoms with E-state index in [0.717, 1.165) is 59.3 Å². The largest absolute Gasteiger partial charge is 0.379 e. The van der Waals surface area contributed by atoms with Gasteiger partial charge in [0.15, 0.2) is 11.6 Å². The summed E-state index contributed by atoms with van der Waals surface area (Å²) in [6.45, 7) is 8.99. The van der Waals surface area contributed by atoms with Gasteiger partial charge in [-0.2, -0.15) is 0 Å². The molecule has 3 aromatic rings. The number of ketones is 2. The van der Waals surface area contributed by atoms with E-state index in [1.807, 2.05) is 38.1 Å². The third-order valence-corrected chi connectivity index (χ3v) is 6.48. The Balaban J connectivity index is 1.57. The molecule has 0 bridgehead atoms. The molecular formula is C23H26N4O3S. The lowest BCUT2D eigenvalue weighted by molar-refractivity contribution is 0.0330. The molecule has 1 aliphatic heterocycles. The molecule has 7 nitrogen and oxygen atoms in total. The number of hydrogen-bond donors (Lipinski definition) is 1. The van der Waals surface area contributed by atoms with E-state index in [-0.39, 0.29) is 17.3 Å². The molecule has 0 atom stereocenters. The topological polar surface area (TPSA) is 88.2 Å². The highest BCUT2D eigenvalue weighted by Crippen LogP contribution is 2.27. The van der Waals surface area contributed by atoms with Crippen molar-refractivity contribution >= 4 is 34.2 Å². The number of carbonyl (C=O) groups is 2. The minimum atomic E-state index is -0.0458. The number of rotatable bonds is 7. The van der Waals surface area contributed by atoms with Crippen LogP contribution in [0.4, 0.5) is 0 Å². The molecular weight excluding hydrogens is 412 g/mol. The molecule has 0 unspecified atom stereocenters. The van der Waals surface area contributed by atoms with E-state index in [2.05, 4.69) is 9.88 Å². The monoisotopic (exact) mass is 438 g/mol. The molecule has 162 valence electrons. The number of aromatic amines is 1. The molecule has 0 radical (unpaired) electrons. The number of ether oxygens (including phenoxy) is 1. The number of benzene rings is 1. The minimum Gasteiger partial charge on any atom is -0.379 e. The van der Waals surface area contributed by atoms with Crippen LogP contribution in [-0.4, -0.2) is 63.5 Å². The molecule has 31 heavy (non-hydrogen) atoms. The van der Waals surface area contributed by atoms with Crippen molar-refractivity contribution in [1.82, 2.24) is 19.9 Å². The number of morpholine rings is 1. The highest BCUT2D eigenvalue weighted by atomic mass is 32.2. The van der Waals surface area contributed by atoms with E-state index in [0.29, 0.717) is 17.8 Å². The Hall–Kier alpha value is -2.55. The number of thioether (sulfide) groups is 1. The zero-order valence-electron chi connectivity index (χ0n) is 18.0. The van der Waals surface area contributed by atoms with Crippen molar-refractivity contribution in [1.29, 1.82) is 0 Å². The molecule has 0 aliphatic carbocycles. The summed E-state index contributed by atoms with van der Waals surface area (Å²) in [5.74, 6) is 0.903. The molecule has 2 aromatic heterocycles. The number of H-pyrrole nitrogens is 1. The summed E-state index contributed by atoms with van der Waals surface area (Å²) in [5.41, 5.74) is 3.44. The summed E-state index contributed by atoms with van der Waals surface area (Å²) in [7, 11) is 0. The van der Waals surface area contributed by atoms with E-state index in [1.54, 1.807) is 0 Å². The summed E-state index contributed by atoms with van der Waals surface area (Å²) >= 11 is 1.41. The normalized spacial score (nSPS) is 14.8. The molecule has 8 heteroatoms. The van der Waals surface area contributed by atoms with Gasteiger partial charge in [-0.3, -0.25) is 14.5 Å². The Morgan fingerprint density at radius 1 is 1.16 bits per heavy atom. The van der Waals surface area contributed by atoms with Crippen molar-refractivity contribution in [2.45, 2.75) is 32.3 Å². The third kappa shape index (κ3) is 4.71. The zero-order chi connectivity index (χ0) is 22.0. The van der Waals surface area contributed by atoms with Crippen LogP contribution >= 0.6 is 11.8 Å². The van der Waals surface area contributed by atoms with Crippen molar-refractivity contribution in [3.05, 3.63) is 52.6 Å². The van der Waals surface area contributed by atoms with Crippen molar-refractivity contribution in [3.8, 4) is 0 Å². The van der Waals surface area contributed by atoms with Crippen LogP contribution in [0.2, 0.25) is 0 Å². The fourth-order valence-corrected chi connectivity index (χ4v) is 4.91. The van der Waals surface area contributed by atoms with Gasteiger partial charge < -0.3 is 9.72 Å². The Bertz CT molecular complexity index is 1140. The van der Waals surface area contributed by atoms with Crippen molar-refractivity contribution in [2.24, 2.45) is 0 Å². The number of nitrogens with zero attached hydrogens (tertiary/aromatic N) is 3. The highest BCUT2D eigenvalue weighted by molar-refractivity contribution is 8.00. The molecule has 1 N–H and O–H groups in total. The fraction of sp³-hybridized carbons (Fsp3) is 0.391. The first-order valence-corrected chi connectivity index (χ1v) is 11.3. The van der Waals surface area contributed by atoms with E-state index >= 15 is 0 Å². The van der Waals surface area contributed by atoms with E-state index in [9.17, 15) is 9.59 Å². The van der Waals surface area contributed by atoms with Crippen LogP contribution in [0, 0.1) is 13.8 Å². The Kier molecular flexibility index (Phi) is 6.50. The summed E-state index contributed by atoms with van der Waals surface area (Å²) in [6, 6.07) is 7.88. The van der Waals surface area contributed by atoms with Gasteiger partial charge in [0.05, 0.1) is 36.7 Å². The minimum absolute atomic E-state index is 0.0347. The van der Waals surface area contributed by atoms with Gasteiger partial charge in [0.1, 0.15) is 10.9 Å². The first-order valence-electron chi connectivity index (χ1n) is 10.4. The van der Waals surface area contributed by atoms with Crippen LogP contribution in [0.1, 0.15) is 44.9 Å². The first kappa shape index (κ1) is 21.7. The van der Waals surface area contributed by atoms with E-state index in [1.165, 1.54) is 18.7 Å². The zero-order valence-corrected chi connectivity index (χ0v) is 18.8. The lowest BCUT2D eigenvalue weighted by Crippen LogP contribution is -2.36. The molecule has 1 fully saturated rings. The third-order valence-electron chi connectivity index (χ3n) is 5.49. The van der Waals surface area contributed by atoms with Gasteiger partial charge >= 0.3 is 0 Å². The summed E-state index contributed by atoms with van der Waals surface area (Å²) in [6.07, 6.45) is 0. The number of Topliss-reactive ketones (excluding diaryl/α,β-unsaturated/α-hetero) is 2. The van der Waals surface area contributed by atoms with Gasteiger partial charge in [0, 0.05) is 29.7 Å². The molecule has 0 saturated carbocycles. The maximum atomic E-state index is 12.9. The Morgan fingerprint density at radius 3 is 2.61 bits per heavy atom. The lowest BCUT2D eigenvalue weighted by Gasteiger charge is -2.25. The maximum absolute atomic E-state index is 12.9. The average molecular weight is 439 g/mol. The number of aryl methyl sites for hydroxylation is 1. The summed E-state index contributed by atoms with van der Waals surface area (Å²) in [4.78, 5) is 39.7. The standard InChI is InChI=1S/C23H26N4O3S/c1-14-21(16(3)28)15(2)24-22(14)19(29)13-31-23-17-6-4-5-7-18(17)25-20(26-23)12-27-8-10-30-11-9-27/h4-7,24H,8-13H2,1-3H3. The average Bonchev–Trinajstić information content (AvgIpc) is 3.06. The number of aromatic nitrogens is 3. The van der Waals surface area contributed by atoms with Crippen LogP contribution < -0.4 is 0 Å². The van der Waals surface area contributed by atoms with Gasteiger partial charge in [-0.15, -0.1) is 0 Å². The highest BCUT2D eigenvalue weighted by Gasteiger charge is 2.21. The lowest BCUT2D eigenvalue weighted by atomic mass is 10.1. The number of nitrogens with one attached hydrogen (secondary N) is 1. The van der Waals surface area contributed by atoms with E-state index in [4.69, 9.17) is 14.7 Å². The molecule has 3 heterocycles. The second-order valence-corrected chi connectivity index (χ2v) is 8.71. The quantitative estimate of drug-likeness (QED) is 0.343. The van der Waals surface area contributed by atoms with Crippen LogP contribution in [0.25, 0.3) is 10.9 Å². The Morgan fingerprint density at radius 2 is 1.90 bits per heavy atom. The molecule has 4 rings (SSSR count).